The molecule has 1 saturated heterocycles. The Hall–Kier alpha value is -1.42. The van der Waals surface area contributed by atoms with Crippen molar-refractivity contribution < 1.29 is 14.1 Å². The van der Waals surface area contributed by atoms with Gasteiger partial charge in [-0.15, -0.1) is 0 Å². The third-order valence-corrected chi connectivity index (χ3v) is 13.4. The van der Waals surface area contributed by atoms with Gasteiger partial charge in [0.15, 0.2) is 0 Å². The summed E-state index contributed by atoms with van der Waals surface area (Å²) in [5.74, 6) is 2.50. The number of hydrogen-bond donors (Lipinski definition) is 0. The van der Waals surface area contributed by atoms with E-state index < -0.39 is 0 Å². The standard InChI is InChI=1S/C32H45NO3/c1-27(2)10-12-32(18-34)13-11-31(7)24(20(32)16-27)25-21(35-25)14-23-29(5)15-19-17-33-36-26(19)28(3,4)22(29)8-9-30(23,31)6/h14,17-18,20-22,24-25H,8-13,15-16H2,1-7H3/t20-,21?,22-,24-,25?,29-,30+,31+,32+/m0/s1. The van der Waals surface area contributed by atoms with E-state index in [1.165, 1.54) is 24.7 Å². The summed E-state index contributed by atoms with van der Waals surface area (Å²) in [4.78, 5) is 12.8. The Kier molecular flexibility index (Phi) is 4.45. The summed E-state index contributed by atoms with van der Waals surface area (Å²) in [7, 11) is 0. The van der Waals surface area contributed by atoms with Crippen LogP contribution in [-0.2, 0) is 21.4 Å². The zero-order chi connectivity index (χ0) is 25.5. The minimum absolute atomic E-state index is 0.0376. The normalized spacial score (nSPS) is 51.6. The number of epoxide rings is 1. The van der Waals surface area contributed by atoms with Crippen LogP contribution in [0.4, 0.5) is 0 Å². The molecule has 36 heavy (non-hydrogen) atoms. The van der Waals surface area contributed by atoms with E-state index in [1.807, 2.05) is 6.20 Å². The summed E-state index contributed by atoms with van der Waals surface area (Å²) in [5.41, 5.74) is 3.36. The molecule has 196 valence electrons. The lowest BCUT2D eigenvalue weighted by Gasteiger charge is -2.67. The summed E-state index contributed by atoms with van der Waals surface area (Å²) in [5, 5.41) is 4.25. The first kappa shape index (κ1) is 23.7. The Bertz CT molecular complexity index is 1160. The van der Waals surface area contributed by atoms with E-state index in [0.717, 1.165) is 44.3 Å². The lowest BCUT2D eigenvalue weighted by molar-refractivity contribution is -0.164. The first-order valence-electron chi connectivity index (χ1n) is 14.6. The van der Waals surface area contributed by atoms with Crippen LogP contribution in [0.3, 0.4) is 0 Å². The van der Waals surface area contributed by atoms with Gasteiger partial charge in [0.25, 0.3) is 0 Å². The van der Waals surface area contributed by atoms with Crippen LogP contribution in [0.25, 0.3) is 0 Å². The highest BCUT2D eigenvalue weighted by Crippen LogP contribution is 2.75. The van der Waals surface area contributed by atoms with E-state index in [4.69, 9.17) is 9.26 Å². The smallest absolute Gasteiger partial charge is 0.145 e. The van der Waals surface area contributed by atoms with Crippen LogP contribution >= 0.6 is 0 Å². The van der Waals surface area contributed by atoms with Gasteiger partial charge in [-0.1, -0.05) is 65.3 Å². The highest BCUT2D eigenvalue weighted by atomic mass is 16.6. The molecule has 0 spiro atoms. The third kappa shape index (κ3) is 2.66. The van der Waals surface area contributed by atoms with E-state index >= 15 is 0 Å². The van der Waals surface area contributed by atoms with Crippen molar-refractivity contribution in [1.82, 2.24) is 5.16 Å². The van der Waals surface area contributed by atoms with Crippen LogP contribution in [-0.4, -0.2) is 23.7 Å². The fourth-order valence-electron chi connectivity index (χ4n) is 11.2. The number of carbonyl (C=O) groups excluding carboxylic acids is 1. The fraction of sp³-hybridized carbons (Fsp3) is 0.812. The molecule has 1 aromatic rings. The van der Waals surface area contributed by atoms with Crippen molar-refractivity contribution in [3.63, 3.8) is 0 Å². The van der Waals surface area contributed by atoms with Crippen LogP contribution in [0.2, 0.25) is 0 Å². The van der Waals surface area contributed by atoms with Crippen LogP contribution in [0, 0.1) is 44.8 Å². The molecular weight excluding hydrogens is 446 g/mol. The van der Waals surface area contributed by atoms with Gasteiger partial charge >= 0.3 is 0 Å². The number of ether oxygens (including phenoxy) is 1. The van der Waals surface area contributed by atoms with Crippen molar-refractivity contribution in [2.75, 3.05) is 0 Å². The van der Waals surface area contributed by atoms with Crippen molar-refractivity contribution in [2.24, 2.45) is 44.8 Å². The van der Waals surface area contributed by atoms with E-state index in [1.54, 1.807) is 5.57 Å². The molecule has 4 fully saturated rings. The molecule has 0 aromatic carbocycles. The highest BCUT2D eigenvalue weighted by molar-refractivity contribution is 5.61. The molecule has 2 unspecified atom stereocenters. The first-order valence-corrected chi connectivity index (χ1v) is 14.6. The number of carbonyl (C=O) groups is 1. The van der Waals surface area contributed by atoms with Crippen LogP contribution in [0.5, 0.6) is 0 Å². The van der Waals surface area contributed by atoms with E-state index in [-0.39, 0.29) is 39.3 Å². The number of allylic oxidation sites excluding steroid dienone is 1. The van der Waals surface area contributed by atoms with Gasteiger partial charge in [-0.25, -0.2) is 0 Å². The molecule has 2 heterocycles. The maximum absolute atomic E-state index is 12.8. The van der Waals surface area contributed by atoms with Crippen LogP contribution in [0.15, 0.2) is 22.4 Å². The quantitative estimate of drug-likeness (QED) is 0.240. The lowest BCUT2D eigenvalue weighted by atomic mass is 9.36. The molecule has 6 aliphatic rings. The Balaban J connectivity index is 1.37. The van der Waals surface area contributed by atoms with Crippen molar-refractivity contribution in [2.45, 2.75) is 117 Å². The predicted octanol–water partition coefficient (Wildman–Crippen LogP) is 7.07. The van der Waals surface area contributed by atoms with Gasteiger partial charge in [0.1, 0.15) is 18.2 Å². The molecule has 7 rings (SSSR count). The third-order valence-electron chi connectivity index (χ3n) is 13.4. The van der Waals surface area contributed by atoms with Crippen LogP contribution in [0.1, 0.15) is 105 Å². The molecule has 0 radical (unpaired) electrons. The molecule has 4 heteroatoms. The van der Waals surface area contributed by atoms with Gasteiger partial charge in [0, 0.05) is 16.4 Å². The van der Waals surface area contributed by atoms with E-state index in [0.29, 0.717) is 23.2 Å². The van der Waals surface area contributed by atoms with Crippen molar-refractivity contribution in [3.8, 4) is 0 Å². The second-order valence-electron chi connectivity index (χ2n) is 15.8. The van der Waals surface area contributed by atoms with Gasteiger partial charge in [-0.05, 0) is 90.8 Å². The molecule has 0 N–H and O–H groups in total. The number of aldehydes is 1. The number of fused-ring (bicyclic) bond motifs is 10. The predicted molar refractivity (Wildman–Crippen MR) is 139 cm³/mol. The average Bonchev–Trinajstić information content (AvgIpc) is 3.40. The minimum Gasteiger partial charge on any atom is -0.365 e. The maximum Gasteiger partial charge on any atom is 0.145 e. The van der Waals surface area contributed by atoms with Gasteiger partial charge in [0.05, 0.1) is 12.3 Å². The Morgan fingerprint density at radius 1 is 1.00 bits per heavy atom. The largest absolute Gasteiger partial charge is 0.365 e. The molecule has 0 amide bonds. The van der Waals surface area contributed by atoms with Crippen molar-refractivity contribution in [1.29, 1.82) is 0 Å². The summed E-state index contributed by atoms with van der Waals surface area (Å²) in [6, 6.07) is 0. The fourth-order valence-corrected chi connectivity index (χ4v) is 11.2. The monoisotopic (exact) mass is 491 g/mol. The van der Waals surface area contributed by atoms with Gasteiger partial charge in [-0.3, -0.25) is 0 Å². The Morgan fingerprint density at radius 3 is 2.50 bits per heavy atom. The van der Waals surface area contributed by atoms with Gasteiger partial charge < -0.3 is 14.1 Å². The van der Waals surface area contributed by atoms with Gasteiger partial charge in [-0.2, -0.15) is 0 Å². The Labute approximate surface area is 217 Å². The molecule has 4 nitrogen and oxygen atoms in total. The van der Waals surface area contributed by atoms with E-state index in [9.17, 15) is 4.79 Å². The summed E-state index contributed by atoms with van der Waals surface area (Å²) in [6.45, 7) is 17.4. The maximum atomic E-state index is 12.8. The summed E-state index contributed by atoms with van der Waals surface area (Å²) >= 11 is 0. The summed E-state index contributed by atoms with van der Waals surface area (Å²) < 4.78 is 12.5. The number of nitrogens with zero attached hydrogens (tertiary/aromatic N) is 1. The summed E-state index contributed by atoms with van der Waals surface area (Å²) in [6.07, 6.45) is 15.4. The minimum atomic E-state index is -0.150. The average molecular weight is 492 g/mol. The second kappa shape index (κ2) is 6.77. The zero-order valence-electron chi connectivity index (χ0n) is 23.4. The highest BCUT2D eigenvalue weighted by Gasteiger charge is 2.72. The van der Waals surface area contributed by atoms with Crippen molar-refractivity contribution >= 4 is 6.29 Å². The number of aromatic nitrogens is 1. The molecule has 0 bridgehead atoms. The molecular formula is C32H45NO3. The molecule has 5 aliphatic carbocycles. The molecule has 3 saturated carbocycles. The molecule has 1 aliphatic heterocycles. The lowest BCUT2D eigenvalue weighted by Crippen LogP contribution is -2.62. The molecule has 9 atom stereocenters. The first-order chi connectivity index (χ1) is 16.8. The second-order valence-corrected chi connectivity index (χ2v) is 15.8. The number of rotatable bonds is 1. The Morgan fingerprint density at radius 2 is 1.75 bits per heavy atom. The zero-order valence-corrected chi connectivity index (χ0v) is 23.4. The van der Waals surface area contributed by atoms with Gasteiger partial charge in [0.2, 0.25) is 0 Å². The van der Waals surface area contributed by atoms with Crippen molar-refractivity contribution in [3.05, 3.63) is 29.2 Å². The SMILES string of the molecule is CC1(C)CC[C@]2(C=O)CC[C@]3(C)[C@H](C4OC4C=C4[C@@]5(C)Cc6cnoc6C(C)(C)[C@@H]5CC[C@]43C)[C@@H]2C1. The number of hydrogen-bond acceptors (Lipinski definition) is 4. The molecule has 1 aromatic heterocycles. The topological polar surface area (TPSA) is 55.6 Å². The van der Waals surface area contributed by atoms with Crippen LogP contribution < -0.4 is 0 Å². The van der Waals surface area contributed by atoms with E-state index in [2.05, 4.69) is 59.7 Å².